The summed E-state index contributed by atoms with van der Waals surface area (Å²) in [6, 6.07) is 0. The highest BCUT2D eigenvalue weighted by Gasteiger charge is 2.31. The van der Waals surface area contributed by atoms with Crippen LogP contribution in [-0.4, -0.2) is 18.5 Å². The molecule has 0 spiro atoms. The van der Waals surface area contributed by atoms with Crippen LogP contribution < -0.4 is 0 Å². The molecule has 2 heteroatoms. The molecule has 1 saturated carbocycles. The number of hydrogen-bond donors (Lipinski definition) is 0. The monoisotopic (exact) mass is 154 g/mol. The number of epoxide rings is 1. The summed E-state index contributed by atoms with van der Waals surface area (Å²) in [5.74, 6) is 0.822. The van der Waals surface area contributed by atoms with Gasteiger partial charge in [0.05, 0.1) is 12.7 Å². The second kappa shape index (κ2) is 2.94. The Morgan fingerprint density at radius 3 is 2.91 bits per heavy atom. The fourth-order valence-corrected chi connectivity index (χ4v) is 1.83. The quantitative estimate of drug-likeness (QED) is 0.564. The summed E-state index contributed by atoms with van der Waals surface area (Å²) in [4.78, 5) is 11.3. The predicted molar refractivity (Wildman–Crippen MR) is 41.3 cm³/mol. The van der Waals surface area contributed by atoms with Gasteiger partial charge in [0, 0.05) is 12.3 Å². The second-order valence-electron chi connectivity index (χ2n) is 3.60. The zero-order chi connectivity index (χ0) is 7.68. The summed E-state index contributed by atoms with van der Waals surface area (Å²) in [6.45, 7) is 0.893. The van der Waals surface area contributed by atoms with E-state index in [4.69, 9.17) is 4.74 Å². The molecule has 0 bridgehead atoms. The lowest BCUT2D eigenvalue weighted by Gasteiger charge is -2.18. The molecule has 2 rings (SSSR count). The van der Waals surface area contributed by atoms with Crippen LogP contribution in [0.1, 0.15) is 32.1 Å². The van der Waals surface area contributed by atoms with E-state index in [-0.39, 0.29) is 0 Å². The van der Waals surface area contributed by atoms with Crippen LogP contribution in [0.5, 0.6) is 0 Å². The summed E-state index contributed by atoms with van der Waals surface area (Å²) in [5.41, 5.74) is 0. The third-order valence-electron chi connectivity index (χ3n) is 2.63. The van der Waals surface area contributed by atoms with Crippen molar-refractivity contribution in [1.29, 1.82) is 0 Å². The molecule has 0 amide bonds. The van der Waals surface area contributed by atoms with Crippen molar-refractivity contribution in [3.63, 3.8) is 0 Å². The molecule has 2 aliphatic rings. The Hall–Kier alpha value is -0.370. The molecule has 2 atom stereocenters. The van der Waals surface area contributed by atoms with Gasteiger partial charge in [0.25, 0.3) is 0 Å². The zero-order valence-electron chi connectivity index (χ0n) is 6.71. The van der Waals surface area contributed by atoms with Gasteiger partial charge in [0.2, 0.25) is 0 Å². The lowest BCUT2D eigenvalue weighted by molar-refractivity contribution is -0.124. The van der Waals surface area contributed by atoms with Crippen LogP contribution >= 0.6 is 0 Å². The molecule has 2 nitrogen and oxygen atoms in total. The third-order valence-corrected chi connectivity index (χ3v) is 2.63. The molecule has 0 aromatic heterocycles. The van der Waals surface area contributed by atoms with Gasteiger partial charge in [-0.3, -0.25) is 4.79 Å². The summed E-state index contributed by atoms with van der Waals surface area (Å²) >= 11 is 0. The highest BCUT2D eigenvalue weighted by atomic mass is 16.6. The van der Waals surface area contributed by atoms with Gasteiger partial charge in [0.15, 0.2) is 0 Å². The smallest absolute Gasteiger partial charge is 0.136 e. The van der Waals surface area contributed by atoms with Gasteiger partial charge in [-0.15, -0.1) is 0 Å². The molecule has 1 saturated heterocycles. The predicted octanol–water partition coefficient (Wildman–Crippen LogP) is 1.53. The van der Waals surface area contributed by atoms with Crippen LogP contribution in [0.15, 0.2) is 0 Å². The lowest BCUT2D eigenvalue weighted by Crippen LogP contribution is -2.20. The van der Waals surface area contributed by atoms with E-state index in [1.54, 1.807) is 0 Å². The minimum absolute atomic E-state index is 0.344. The van der Waals surface area contributed by atoms with Gasteiger partial charge in [-0.2, -0.15) is 0 Å². The molecule has 1 aliphatic carbocycles. The molecule has 0 aromatic carbocycles. The van der Waals surface area contributed by atoms with Crippen molar-refractivity contribution >= 4 is 5.78 Å². The van der Waals surface area contributed by atoms with Crippen molar-refractivity contribution in [3.8, 4) is 0 Å². The average Bonchev–Trinajstić information content (AvgIpc) is 2.78. The Bertz CT molecular complexity index is 161. The maximum absolute atomic E-state index is 11.3. The van der Waals surface area contributed by atoms with E-state index in [0.717, 1.165) is 32.3 Å². The first-order valence-electron chi connectivity index (χ1n) is 4.50. The van der Waals surface area contributed by atoms with Crippen molar-refractivity contribution in [3.05, 3.63) is 0 Å². The van der Waals surface area contributed by atoms with E-state index in [0.29, 0.717) is 17.8 Å². The van der Waals surface area contributed by atoms with Gasteiger partial charge in [-0.25, -0.2) is 0 Å². The number of carbonyl (C=O) groups is 1. The van der Waals surface area contributed by atoms with E-state index >= 15 is 0 Å². The van der Waals surface area contributed by atoms with Crippen molar-refractivity contribution < 1.29 is 9.53 Å². The number of rotatable bonds is 2. The zero-order valence-corrected chi connectivity index (χ0v) is 6.71. The Kier molecular flexibility index (Phi) is 1.95. The van der Waals surface area contributed by atoms with Crippen molar-refractivity contribution in [1.82, 2.24) is 0 Å². The molecule has 0 N–H and O–H groups in total. The van der Waals surface area contributed by atoms with Crippen molar-refractivity contribution in [2.45, 2.75) is 38.2 Å². The fourth-order valence-electron chi connectivity index (χ4n) is 1.83. The maximum atomic E-state index is 11.3. The molecule has 2 fully saturated rings. The van der Waals surface area contributed by atoms with Crippen LogP contribution in [0.4, 0.5) is 0 Å². The molecular formula is C9H14O2. The van der Waals surface area contributed by atoms with Gasteiger partial charge in [-0.05, 0) is 19.3 Å². The fraction of sp³-hybridized carbons (Fsp3) is 0.889. The average molecular weight is 154 g/mol. The summed E-state index contributed by atoms with van der Waals surface area (Å²) < 4.78 is 5.11. The molecule has 0 radical (unpaired) electrons. The van der Waals surface area contributed by atoms with Gasteiger partial charge >= 0.3 is 0 Å². The van der Waals surface area contributed by atoms with Gasteiger partial charge in [0.1, 0.15) is 5.78 Å². The summed E-state index contributed by atoms with van der Waals surface area (Å²) in [6.07, 6.45) is 5.71. The number of hydrogen-bond acceptors (Lipinski definition) is 2. The molecule has 11 heavy (non-hydrogen) atoms. The number of Topliss-reactive ketones (excluding diaryl/α,β-unsaturated/α-hetero) is 1. The van der Waals surface area contributed by atoms with E-state index in [1.165, 1.54) is 6.42 Å². The van der Waals surface area contributed by atoms with E-state index < -0.39 is 0 Å². The molecule has 0 aromatic rings. The third kappa shape index (κ3) is 1.80. The Morgan fingerprint density at radius 1 is 1.45 bits per heavy atom. The van der Waals surface area contributed by atoms with E-state index in [9.17, 15) is 4.79 Å². The summed E-state index contributed by atoms with van der Waals surface area (Å²) in [5, 5.41) is 0. The highest BCUT2D eigenvalue weighted by molar-refractivity contribution is 5.81. The van der Waals surface area contributed by atoms with Crippen LogP contribution in [0, 0.1) is 5.92 Å². The van der Waals surface area contributed by atoms with Crippen LogP contribution in [0.3, 0.4) is 0 Å². The first-order valence-corrected chi connectivity index (χ1v) is 4.50. The van der Waals surface area contributed by atoms with Crippen LogP contribution in [0.25, 0.3) is 0 Å². The molecule has 1 heterocycles. The van der Waals surface area contributed by atoms with Crippen LogP contribution in [-0.2, 0) is 9.53 Å². The number of carbonyl (C=O) groups excluding carboxylic acids is 1. The van der Waals surface area contributed by atoms with E-state index in [1.807, 2.05) is 0 Å². The normalized spacial score (nSPS) is 37.3. The Labute approximate surface area is 66.9 Å². The Morgan fingerprint density at radius 2 is 2.27 bits per heavy atom. The maximum Gasteiger partial charge on any atom is 0.136 e. The van der Waals surface area contributed by atoms with Gasteiger partial charge < -0.3 is 4.74 Å². The topological polar surface area (TPSA) is 29.6 Å². The minimum atomic E-state index is 0.344. The first-order chi connectivity index (χ1) is 5.36. The number of ether oxygens (including phenoxy) is 1. The minimum Gasteiger partial charge on any atom is -0.373 e. The van der Waals surface area contributed by atoms with E-state index in [2.05, 4.69) is 0 Å². The van der Waals surface area contributed by atoms with Crippen molar-refractivity contribution in [2.75, 3.05) is 6.61 Å². The second-order valence-corrected chi connectivity index (χ2v) is 3.60. The highest BCUT2D eigenvalue weighted by Crippen LogP contribution is 2.28. The molecule has 62 valence electrons. The lowest BCUT2D eigenvalue weighted by atomic mass is 9.85. The standard InChI is InChI=1S/C9H14O2/c10-9-4-2-1-3-7(9)5-8-6-11-8/h7-8H,1-6H2. The first kappa shape index (κ1) is 7.29. The molecule has 2 unspecified atom stereocenters. The molecule has 1 aliphatic heterocycles. The van der Waals surface area contributed by atoms with Crippen molar-refractivity contribution in [2.24, 2.45) is 5.92 Å². The van der Waals surface area contributed by atoms with Gasteiger partial charge in [-0.1, -0.05) is 6.42 Å². The summed E-state index contributed by atoms with van der Waals surface area (Å²) in [7, 11) is 0. The van der Waals surface area contributed by atoms with Crippen LogP contribution in [0.2, 0.25) is 0 Å². The molecular weight excluding hydrogens is 140 g/mol. The SMILES string of the molecule is O=C1CCCCC1CC1CO1. The largest absolute Gasteiger partial charge is 0.373 e. The number of ketones is 1. The Balaban J connectivity index is 1.83.